The molecule has 0 spiro atoms. The number of ether oxygens (including phenoxy) is 2. The number of fused-ring (bicyclic) bond motifs is 1. The maximum absolute atomic E-state index is 5.94. The standard InChI is InChI=1S/C56H44O2/c1-57-55-37-41(29-33-49(55)39-53(43-17-7-3-8-18-43)44-19-9-4-10-20-44)27-31-47-35-36-48(52-26-16-15-25-51(47)52)32-28-42-30-34-50(56(38-42)58-2)40-54(45-21-11-5-12-22-45)46-23-13-6-14-24-46/h3-40H,1-2H3/b31-27-,32-28-. The van der Waals surface area contributed by atoms with Crippen LogP contribution < -0.4 is 9.47 Å². The molecular formula is C56H44O2. The van der Waals surface area contributed by atoms with Crippen molar-refractivity contribution < 1.29 is 9.47 Å². The molecule has 58 heavy (non-hydrogen) atoms. The first kappa shape index (κ1) is 37.5. The lowest BCUT2D eigenvalue weighted by Crippen LogP contribution is -1.92. The number of benzene rings is 8. The van der Waals surface area contributed by atoms with Gasteiger partial charge < -0.3 is 9.47 Å². The minimum Gasteiger partial charge on any atom is -0.496 e. The average molecular weight is 749 g/mol. The third kappa shape index (κ3) is 8.68. The predicted molar refractivity (Wildman–Crippen MR) is 248 cm³/mol. The van der Waals surface area contributed by atoms with Gasteiger partial charge in [-0.3, -0.25) is 0 Å². The summed E-state index contributed by atoms with van der Waals surface area (Å²) in [6.45, 7) is 0. The largest absolute Gasteiger partial charge is 0.496 e. The van der Waals surface area contributed by atoms with E-state index in [2.05, 4.69) is 206 Å². The van der Waals surface area contributed by atoms with E-state index in [0.29, 0.717) is 0 Å². The summed E-state index contributed by atoms with van der Waals surface area (Å²) in [5, 5.41) is 2.38. The summed E-state index contributed by atoms with van der Waals surface area (Å²) in [4.78, 5) is 0. The molecule has 2 nitrogen and oxygen atoms in total. The molecule has 0 fully saturated rings. The molecule has 8 rings (SSSR count). The van der Waals surface area contributed by atoms with Crippen molar-refractivity contribution in [2.24, 2.45) is 0 Å². The molecule has 8 aromatic rings. The number of methoxy groups -OCH3 is 2. The SMILES string of the molecule is COc1cc(/C=C\c2ccc(/C=C\c3ccc(C=C(c4ccccc4)c4ccccc4)c(OC)c3)c3ccccc23)ccc1C=C(c1ccccc1)c1ccccc1. The smallest absolute Gasteiger partial charge is 0.126 e. The van der Waals surface area contributed by atoms with E-state index >= 15 is 0 Å². The second-order valence-electron chi connectivity index (χ2n) is 14.0. The van der Waals surface area contributed by atoms with Crippen molar-refractivity contribution in [2.45, 2.75) is 0 Å². The van der Waals surface area contributed by atoms with E-state index in [1.807, 2.05) is 24.3 Å². The average Bonchev–Trinajstić information content (AvgIpc) is 3.30. The van der Waals surface area contributed by atoms with Gasteiger partial charge in [0, 0.05) is 11.1 Å². The lowest BCUT2D eigenvalue weighted by Gasteiger charge is -2.12. The molecule has 8 aromatic carbocycles. The zero-order chi connectivity index (χ0) is 39.5. The van der Waals surface area contributed by atoms with Gasteiger partial charge in [0.1, 0.15) is 11.5 Å². The summed E-state index contributed by atoms with van der Waals surface area (Å²) < 4.78 is 11.9. The minimum atomic E-state index is 0.824. The van der Waals surface area contributed by atoms with Crippen LogP contribution in [0.1, 0.15) is 55.6 Å². The molecule has 0 N–H and O–H groups in total. The molecule has 0 bridgehead atoms. The fourth-order valence-electron chi connectivity index (χ4n) is 7.36. The number of hydrogen-bond acceptors (Lipinski definition) is 2. The summed E-state index contributed by atoms with van der Waals surface area (Å²) >= 11 is 0. The molecule has 0 aliphatic carbocycles. The maximum Gasteiger partial charge on any atom is 0.126 e. The van der Waals surface area contributed by atoms with Crippen molar-refractivity contribution in [1.29, 1.82) is 0 Å². The van der Waals surface area contributed by atoms with Crippen LogP contribution in [0.4, 0.5) is 0 Å². The van der Waals surface area contributed by atoms with Crippen LogP contribution in [-0.4, -0.2) is 14.2 Å². The first-order valence-corrected chi connectivity index (χ1v) is 19.6. The summed E-state index contributed by atoms with van der Waals surface area (Å²) in [7, 11) is 3.47. The molecule has 0 saturated carbocycles. The lowest BCUT2D eigenvalue weighted by molar-refractivity contribution is 0.413. The molecule has 0 amide bonds. The highest BCUT2D eigenvalue weighted by Gasteiger charge is 2.11. The Labute approximate surface area is 342 Å². The van der Waals surface area contributed by atoms with Gasteiger partial charge in [0.25, 0.3) is 0 Å². The molecule has 0 aliphatic rings. The molecule has 0 atom stereocenters. The number of hydrogen-bond donors (Lipinski definition) is 0. The normalized spacial score (nSPS) is 11.1. The molecule has 0 aliphatic heterocycles. The van der Waals surface area contributed by atoms with Crippen LogP contribution >= 0.6 is 0 Å². The first-order chi connectivity index (χ1) is 28.7. The van der Waals surface area contributed by atoms with Crippen molar-refractivity contribution in [1.82, 2.24) is 0 Å². The Morgan fingerprint density at radius 1 is 0.328 bits per heavy atom. The van der Waals surface area contributed by atoms with Gasteiger partial charge in [-0.2, -0.15) is 0 Å². The van der Waals surface area contributed by atoms with Crippen molar-refractivity contribution >= 4 is 58.4 Å². The molecular weight excluding hydrogens is 705 g/mol. The Morgan fingerprint density at radius 3 is 0.966 bits per heavy atom. The van der Waals surface area contributed by atoms with Crippen LogP contribution in [0.2, 0.25) is 0 Å². The first-order valence-electron chi connectivity index (χ1n) is 19.6. The van der Waals surface area contributed by atoms with Crippen LogP contribution in [0, 0.1) is 0 Å². The Kier molecular flexibility index (Phi) is 11.7. The summed E-state index contributed by atoms with van der Waals surface area (Å²) in [6, 6.07) is 67.8. The van der Waals surface area contributed by atoms with Gasteiger partial charge >= 0.3 is 0 Å². The third-order valence-electron chi connectivity index (χ3n) is 10.4. The van der Waals surface area contributed by atoms with Crippen LogP contribution in [0.3, 0.4) is 0 Å². The highest BCUT2D eigenvalue weighted by atomic mass is 16.5. The molecule has 280 valence electrons. The zero-order valence-electron chi connectivity index (χ0n) is 32.8. The minimum absolute atomic E-state index is 0.824. The van der Waals surface area contributed by atoms with E-state index in [4.69, 9.17) is 9.47 Å². The van der Waals surface area contributed by atoms with E-state index in [1.54, 1.807) is 14.2 Å². The van der Waals surface area contributed by atoms with Gasteiger partial charge in [-0.25, -0.2) is 0 Å². The fourth-order valence-corrected chi connectivity index (χ4v) is 7.36. The van der Waals surface area contributed by atoms with E-state index in [0.717, 1.165) is 78.3 Å². The second kappa shape index (κ2) is 18.0. The monoisotopic (exact) mass is 748 g/mol. The second-order valence-corrected chi connectivity index (χ2v) is 14.0. The van der Waals surface area contributed by atoms with E-state index in [1.165, 1.54) is 10.8 Å². The van der Waals surface area contributed by atoms with Gasteiger partial charge in [0.2, 0.25) is 0 Å². The topological polar surface area (TPSA) is 18.5 Å². The zero-order valence-corrected chi connectivity index (χ0v) is 32.8. The van der Waals surface area contributed by atoms with Gasteiger partial charge in [-0.15, -0.1) is 0 Å². The van der Waals surface area contributed by atoms with Crippen LogP contribution in [0.15, 0.2) is 194 Å². The molecule has 2 heteroatoms. The molecule has 0 saturated heterocycles. The molecule has 0 heterocycles. The number of rotatable bonds is 12. The van der Waals surface area contributed by atoms with Crippen molar-refractivity contribution in [3.05, 3.63) is 250 Å². The lowest BCUT2D eigenvalue weighted by atomic mass is 9.95. The molecule has 0 aromatic heterocycles. The van der Waals surface area contributed by atoms with Crippen molar-refractivity contribution in [3.63, 3.8) is 0 Å². The Morgan fingerprint density at radius 2 is 0.638 bits per heavy atom. The van der Waals surface area contributed by atoms with Gasteiger partial charge in [0.15, 0.2) is 0 Å². The predicted octanol–water partition coefficient (Wildman–Crippen LogP) is 14.4. The highest BCUT2D eigenvalue weighted by molar-refractivity contribution is 5.99. The van der Waals surface area contributed by atoms with Crippen molar-refractivity contribution in [3.8, 4) is 11.5 Å². The van der Waals surface area contributed by atoms with Crippen molar-refractivity contribution in [2.75, 3.05) is 14.2 Å². The third-order valence-corrected chi connectivity index (χ3v) is 10.4. The highest BCUT2D eigenvalue weighted by Crippen LogP contribution is 2.33. The van der Waals surface area contributed by atoms with E-state index in [9.17, 15) is 0 Å². The van der Waals surface area contributed by atoms with E-state index in [-0.39, 0.29) is 0 Å². The maximum atomic E-state index is 5.94. The summed E-state index contributed by atoms with van der Waals surface area (Å²) in [5.41, 5.74) is 13.4. The molecule has 0 unspecified atom stereocenters. The van der Waals surface area contributed by atoms with E-state index < -0.39 is 0 Å². The van der Waals surface area contributed by atoms with Crippen LogP contribution in [0.25, 0.3) is 58.4 Å². The van der Waals surface area contributed by atoms with Gasteiger partial charge in [-0.05, 0) is 90.7 Å². The Balaban J connectivity index is 1.06. The summed E-state index contributed by atoms with van der Waals surface area (Å²) in [6.07, 6.45) is 13.1. The van der Waals surface area contributed by atoms with Gasteiger partial charge in [0.05, 0.1) is 14.2 Å². The van der Waals surface area contributed by atoms with Gasteiger partial charge in [-0.1, -0.05) is 206 Å². The quantitative estimate of drug-likeness (QED) is 0.116. The Bertz CT molecular complexity index is 2480. The van der Waals surface area contributed by atoms with Crippen LogP contribution in [-0.2, 0) is 0 Å². The Hall–Kier alpha value is -7.42. The van der Waals surface area contributed by atoms with Crippen LogP contribution in [0.5, 0.6) is 11.5 Å². The summed E-state index contributed by atoms with van der Waals surface area (Å²) in [5.74, 6) is 1.65. The molecule has 0 radical (unpaired) electrons. The fraction of sp³-hybridized carbons (Fsp3) is 0.0357.